The molecule has 24 heavy (non-hydrogen) atoms. The predicted octanol–water partition coefficient (Wildman–Crippen LogP) is 4.93. The quantitative estimate of drug-likeness (QED) is 0.605. The number of carbonyl (C=O) groups excluding carboxylic acids is 1. The normalized spacial score (nSPS) is 13.6. The SMILES string of the molecule is CC(=O)C=C(O)CC(C)c1cccc(C(C)(C)c2ccccc2)n1. The minimum absolute atomic E-state index is 0.0344. The van der Waals surface area contributed by atoms with Crippen molar-refractivity contribution < 1.29 is 9.90 Å². The highest BCUT2D eigenvalue weighted by atomic mass is 16.3. The lowest BCUT2D eigenvalue weighted by atomic mass is 9.81. The molecule has 2 aromatic rings. The van der Waals surface area contributed by atoms with E-state index in [0.29, 0.717) is 6.42 Å². The summed E-state index contributed by atoms with van der Waals surface area (Å²) in [6, 6.07) is 16.3. The lowest BCUT2D eigenvalue weighted by molar-refractivity contribution is -0.112. The number of rotatable bonds is 6. The van der Waals surface area contributed by atoms with E-state index in [4.69, 9.17) is 4.98 Å². The van der Waals surface area contributed by atoms with Crippen molar-refractivity contribution in [2.24, 2.45) is 0 Å². The second-order valence-electron chi connectivity index (χ2n) is 6.79. The first-order chi connectivity index (χ1) is 11.3. The molecule has 0 saturated heterocycles. The number of pyridine rings is 1. The van der Waals surface area contributed by atoms with Crippen LogP contribution in [-0.4, -0.2) is 15.9 Å². The lowest BCUT2D eigenvalue weighted by Gasteiger charge is -2.26. The van der Waals surface area contributed by atoms with Crippen molar-refractivity contribution in [1.29, 1.82) is 0 Å². The molecule has 0 aliphatic rings. The van der Waals surface area contributed by atoms with Gasteiger partial charge in [0, 0.05) is 29.5 Å². The monoisotopic (exact) mass is 323 g/mol. The molecule has 3 heteroatoms. The summed E-state index contributed by atoms with van der Waals surface area (Å²) >= 11 is 0. The van der Waals surface area contributed by atoms with E-state index in [1.165, 1.54) is 18.6 Å². The van der Waals surface area contributed by atoms with E-state index in [1.54, 1.807) is 0 Å². The topological polar surface area (TPSA) is 50.2 Å². The van der Waals surface area contributed by atoms with Gasteiger partial charge in [-0.2, -0.15) is 0 Å². The van der Waals surface area contributed by atoms with Gasteiger partial charge in [-0.3, -0.25) is 9.78 Å². The van der Waals surface area contributed by atoms with Gasteiger partial charge in [-0.25, -0.2) is 0 Å². The maximum Gasteiger partial charge on any atom is 0.155 e. The van der Waals surface area contributed by atoms with Crippen LogP contribution in [0.2, 0.25) is 0 Å². The molecule has 0 saturated carbocycles. The van der Waals surface area contributed by atoms with Crippen molar-refractivity contribution in [3.05, 3.63) is 77.3 Å². The predicted molar refractivity (Wildman–Crippen MR) is 97.2 cm³/mol. The zero-order chi connectivity index (χ0) is 17.7. The van der Waals surface area contributed by atoms with Crippen molar-refractivity contribution in [3.63, 3.8) is 0 Å². The summed E-state index contributed by atoms with van der Waals surface area (Å²) in [6.45, 7) is 7.76. The third-order valence-corrected chi connectivity index (χ3v) is 4.30. The van der Waals surface area contributed by atoms with Crippen molar-refractivity contribution in [2.45, 2.75) is 45.4 Å². The summed E-state index contributed by atoms with van der Waals surface area (Å²) in [5, 5.41) is 9.87. The summed E-state index contributed by atoms with van der Waals surface area (Å²) < 4.78 is 0. The summed E-state index contributed by atoms with van der Waals surface area (Å²) in [5.74, 6) is -0.0109. The number of nitrogens with zero attached hydrogens (tertiary/aromatic N) is 1. The molecule has 1 aromatic heterocycles. The molecule has 0 amide bonds. The Balaban J connectivity index is 2.27. The number of benzene rings is 1. The molecule has 1 atom stereocenters. The van der Waals surface area contributed by atoms with Crippen molar-refractivity contribution in [2.75, 3.05) is 0 Å². The van der Waals surface area contributed by atoms with Crippen LogP contribution in [0.4, 0.5) is 0 Å². The average molecular weight is 323 g/mol. The van der Waals surface area contributed by atoms with Gasteiger partial charge in [-0.15, -0.1) is 0 Å². The summed E-state index contributed by atoms with van der Waals surface area (Å²) in [6.07, 6.45) is 1.68. The Morgan fingerprint density at radius 3 is 2.46 bits per heavy atom. The largest absolute Gasteiger partial charge is 0.512 e. The highest BCUT2D eigenvalue weighted by molar-refractivity contribution is 5.87. The van der Waals surface area contributed by atoms with Gasteiger partial charge in [0.2, 0.25) is 0 Å². The Labute approximate surface area is 144 Å². The van der Waals surface area contributed by atoms with E-state index < -0.39 is 0 Å². The molecule has 0 spiro atoms. The molecule has 1 N–H and O–H groups in total. The Morgan fingerprint density at radius 1 is 1.17 bits per heavy atom. The molecule has 1 unspecified atom stereocenters. The first kappa shape index (κ1) is 17.9. The van der Waals surface area contributed by atoms with E-state index in [0.717, 1.165) is 11.4 Å². The summed E-state index contributed by atoms with van der Waals surface area (Å²) in [5.41, 5.74) is 2.92. The lowest BCUT2D eigenvalue weighted by Crippen LogP contribution is -2.21. The minimum atomic E-state index is -0.200. The number of hydrogen-bond donors (Lipinski definition) is 1. The maximum absolute atomic E-state index is 11.1. The van der Waals surface area contributed by atoms with Crippen LogP contribution in [0, 0.1) is 0 Å². The molecule has 0 radical (unpaired) electrons. The second-order valence-corrected chi connectivity index (χ2v) is 6.79. The smallest absolute Gasteiger partial charge is 0.155 e. The zero-order valence-corrected chi connectivity index (χ0v) is 14.8. The van der Waals surface area contributed by atoms with Gasteiger partial charge in [-0.1, -0.05) is 57.2 Å². The van der Waals surface area contributed by atoms with E-state index in [-0.39, 0.29) is 22.9 Å². The third-order valence-electron chi connectivity index (χ3n) is 4.30. The van der Waals surface area contributed by atoms with Crippen molar-refractivity contribution >= 4 is 5.78 Å². The van der Waals surface area contributed by atoms with Crippen LogP contribution in [-0.2, 0) is 10.2 Å². The molecule has 0 aliphatic heterocycles. The fourth-order valence-electron chi connectivity index (χ4n) is 2.79. The molecule has 0 fully saturated rings. The molecule has 2 rings (SSSR count). The Morgan fingerprint density at radius 2 is 1.83 bits per heavy atom. The molecule has 0 bridgehead atoms. The minimum Gasteiger partial charge on any atom is -0.512 e. The van der Waals surface area contributed by atoms with Crippen LogP contribution in [0.3, 0.4) is 0 Å². The molecule has 126 valence electrons. The summed E-state index contributed by atoms with van der Waals surface area (Å²) in [4.78, 5) is 15.9. The zero-order valence-electron chi connectivity index (χ0n) is 14.8. The number of carbonyl (C=O) groups is 1. The van der Waals surface area contributed by atoms with Gasteiger partial charge in [0.1, 0.15) is 0 Å². The van der Waals surface area contributed by atoms with Crippen LogP contribution in [0.15, 0.2) is 60.4 Å². The Bertz CT molecular complexity index is 733. The molecule has 0 aliphatic carbocycles. The number of aliphatic hydroxyl groups is 1. The van der Waals surface area contributed by atoms with Gasteiger partial charge in [0.25, 0.3) is 0 Å². The highest BCUT2D eigenvalue weighted by Crippen LogP contribution is 2.31. The number of ketones is 1. The Hall–Kier alpha value is -2.42. The van der Waals surface area contributed by atoms with Crippen LogP contribution in [0.5, 0.6) is 0 Å². The van der Waals surface area contributed by atoms with Gasteiger partial charge in [-0.05, 0) is 24.6 Å². The standard InChI is InChI=1S/C21H25NO2/c1-15(13-18(24)14-16(2)23)19-11-8-12-20(22-19)21(3,4)17-9-6-5-7-10-17/h5-12,14-15,24H,13H2,1-4H3. The number of hydrogen-bond acceptors (Lipinski definition) is 3. The maximum atomic E-state index is 11.1. The second kappa shape index (κ2) is 7.43. The van der Waals surface area contributed by atoms with Crippen molar-refractivity contribution in [1.82, 2.24) is 4.98 Å². The van der Waals surface area contributed by atoms with Gasteiger partial charge in [0.05, 0.1) is 11.5 Å². The Kier molecular flexibility index (Phi) is 5.55. The molecular weight excluding hydrogens is 298 g/mol. The third kappa shape index (κ3) is 4.31. The van der Waals surface area contributed by atoms with Gasteiger partial charge in [0.15, 0.2) is 5.78 Å². The van der Waals surface area contributed by atoms with E-state index >= 15 is 0 Å². The fourth-order valence-corrected chi connectivity index (χ4v) is 2.79. The van der Waals surface area contributed by atoms with Gasteiger partial charge >= 0.3 is 0 Å². The average Bonchev–Trinajstić information content (AvgIpc) is 2.55. The first-order valence-electron chi connectivity index (χ1n) is 8.23. The molecule has 1 aromatic carbocycles. The first-order valence-corrected chi connectivity index (χ1v) is 8.23. The molecular formula is C21H25NO2. The molecule has 3 nitrogen and oxygen atoms in total. The fraction of sp³-hybridized carbons (Fsp3) is 0.333. The number of aromatic nitrogens is 1. The highest BCUT2D eigenvalue weighted by Gasteiger charge is 2.25. The number of aliphatic hydroxyl groups excluding tert-OH is 1. The van der Waals surface area contributed by atoms with Gasteiger partial charge < -0.3 is 5.11 Å². The van der Waals surface area contributed by atoms with Crippen LogP contribution >= 0.6 is 0 Å². The van der Waals surface area contributed by atoms with E-state index in [1.807, 2.05) is 43.3 Å². The van der Waals surface area contributed by atoms with Crippen LogP contribution in [0.25, 0.3) is 0 Å². The van der Waals surface area contributed by atoms with Crippen molar-refractivity contribution in [3.8, 4) is 0 Å². The summed E-state index contributed by atoms with van der Waals surface area (Å²) in [7, 11) is 0. The van der Waals surface area contributed by atoms with Crippen LogP contribution < -0.4 is 0 Å². The van der Waals surface area contributed by atoms with Crippen LogP contribution in [0.1, 0.15) is 57.0 Å². The number of allylic oxidation sites excluding steroid dienone is 2. The molecule has 1 heterocycles. The van der Waals surface area contributed by atoms with E-state index in [9.17, 15) is 9.90 Å². The van der Waals surface area contributed by atoms with E-state index in [2.05, 4.69) is 26.0 Å².